The number of carbonyl (C=O) groups excluding carboxylic acids is 1. The Morgan fingerprint density at radius 2 is 1.93 bits per heavy atom. The summed E-state index contributed by atoms with van der Waals surface area (Å²) in [7, 11) is 0. The topological polar surface area (TPSA) is 75.0 Å². The Balaban J connectivity index is 1.62. The minimum atomic E-state index is -4.88. The zero-order valence-electron chi connectivity index (χ0n) is 14.9. The second-order valence-corrected chi connectivity index (χ2v) is 7.51. The summed E-state index contributed by atoms with van der Waals surface area (Å²) in [4.78, 5) is 18.4. The molecule has 1 aliphatic rings. The quantitative estimate of drug-likeness (QED) is 0.441. The fourth-order valence-corrected chi connectivity index (χ4v) is 3.95. The van der Waals surface area contributed by atoms with Gasteiger partial charge < -0.3 is 14.8 Å². The van der Waals surface area contributed by atoms with Crippen molar-refractivity contribution >= 4 is 40.2 Å². The number of anilines is 1. The van der Waals surface area contributed by atoms with E-state index in [1.807, 2.05) is 12.1 Å². The lowest BCUT2D eigenvalue weighted by atomic mass is 10.1. The fraction of sp³-hybridized carbons (Fsp3) is 0.105. The van der Waals surface area contributed by atoms with Crippen LogP contribution in [0.15, 0.2) is 53.0 Å². The number of benzene rings is 2. The summed E-state index contributed by atoms with van der Waals surface area (Å²) in [6, 6.07) is 10.5. The van der Waals surface area contributed by atoms with E-state index in [-0.39, 0.29) is 17.8 Å². The summed E-state index contributed by atoms with van der Waals surface area (Å²) in [6.07, 6.45) is -4.88. The minimum absolute atomic E-state index is 0.0393. The number of thiazole rings is 1. The lowest BCUT2D eigenvalue weighted by Gasteiger charge is -2.16. The third-order valence-electron chi connectivity index (χ3n) is 4.26. The van der Waals surface area contributed by atoms with Crippen LogP contribution in [0.3, 0.4) is 0 Å². The molecule has 0 saturated heterocycles. The molecule has 11 heteroatoms. The van der Waals surface area contributed by atoms with E-state index in [0.29, 0.717) is 16.4 Å². The Bertz CT molecular complexity index is 1150. The Kier molecular flexibility index (Phi) is 5.12. The van der Waals surface area contributed by atoms with Crippen LogP contribution < -0.4 is 9.64 Å². The van der Waals surface area contributed by atoms with Gasteiger partial charge in [-0.1, -0.05) is 28.9 Å². The molecule has 0 unspecified atom stereocenters. The van der Waals surface area contributed by atoms with Gasteiger partial charge in [0.05, 0.1) is 17.9 Å². The minimum Gasteiger partial charge on any atom is -0.410 e. The van der Waals surface area contributed by atoms with Crippen molar-refractivity contribution in [2.75, 3.05) is 4.90 Å². The zero-order valence-corrected chi connectivity index (χ0v) is 16.4. The fourth-order valence-electron chi connectivity index (χ4n) is 3.01. The molecule has 1 amide bonds. The van der Waals surface area contributed by atoms with Gasteiger partial charge in [0.1, 0.15) is 10.8 Å². The number of fused-ring (bicyclic) bond motifs is 1. The molecular formula is C19H11ClF3N3O3S. The van der Waals surface area contributed by atoms with E-state index in [1.54, 1.807) is 17.5 Å². The molecule has 3 aromatic rings. The largest absolute Gasteiger partial charge is 0.573 e. The maximum atomic E-state index is 12.6. The second kappa shape index (κ2) is 7.62. The molecule has 0 saturated carbocycles. The zero-order chi connectivity index (χ0) is 21.5. The number of nitrogens with zero attached hydrogens (tertiary/aromatic N) is 3. The molecule has 0 spiro atoms. The van der Waals surface area contributed by atoms with E-state index < -0.39 is 18.0 Å². The predicted octanol–water partition coefficient (Wildman–Crippen LogP) is 5.09. The number of hydrogen-bond donors (Lipinski definition) is 1. The normalized spacial score (nSPS) is 15.0. The smallest absolute Gasteiger partial charge is 0.410 e. The highest BCUT2D eigenvalue weighted by molar-refractivity contribution is 7.13. The summed E-state index contributed by atoms with van der Waals surface area (Å²) in [5, 5.41) is 15.3. The van der Waals surface area contributed by atoms with Gasteiger partial charge in [0.2, 0.25) is 0 Å². The van der Waals surface area contributed by atoms with Gasteiger partial charge in [-0.3, -0.25) is 4.79 Å². The van der Waals surface area contributed by atoms with Crippen LogP contribution in [0.25, 0.3) is 10.6 Å². The maximum absolute atomic E-state index is 12.6. The molecule has 154 valence electrons. The molecule has 0 bridgehead atoms. The van der Waals surface area contributed by atoms with Gasteiger partial charge in [-0.2, -0.15) is 0 Å². The van der Waals surface area contributed by atoms with Gasteiger partial charge in [-0.15, -0.1) is 24.5 Å². The van der Waals surface area contributed by atoms with Crippen LogP contribution in [0.1, 0.15) is 11.3 Å². The van der Waals surface area contributed by atoms with Crippen molar-refractivity contribution in [1.82, 2.24) is 4.98 Å². The van der Waals surface area contributed by atoms with Gasteiger partial charge in [-0.05, 0) is 30.3 Å². The highest BCUT2D eigenvalue weighted by Crippen LogP contribution is 2.36. The van der Waals surface area contributed by atoms with Crippen LogP contribution in [0.4, 0.5) is 18.9 Å². The number of aromatic nitrogens is 1. The van der Waals surface area contributed by atoms with E-state index in [0.717, 1.165) is 22.7 Å². The molecule has 1 N–H and O–H groups in total. The van der Waals surface area contributed by atoms with E-state index >= 15 is 0 Å². The molecule has 2 aromatic carbocycles. The van der Waals surface area contributed by atoms with Crippen molar-refractivity contribution in [3.05, 3.63) is 64.1 Å². The Hall–Kier alpha value is -3.11. The van der Waals surface area contributed by atoms with Crippen LogP contribution in [0, 0.1) is 0 Å². The van der Waals surface area contributed by atoms with Gasteiger partial charge in [0.15, 0.2) is 5.71 Å². The summed E-state index contributed by atoms with van der Waals surface area (Å²) in [5.74, 6) is -1.17. The van der Waals surface area contributed by atoms with Crippen LogP contribution >= 0.6 is 22.9 Å². The van der Waals surface area contributed by atoms with Gasteiger partial charge >= 0.3 is 6.36 Å². The SMILES string of the molecule is O=C1/C(=N\O)c2cc(OC(F)(F)F)ccc2N1Cc1csc(-c2ccc(Cl)cc2)n1. The summed E-state index contributed by atoms with van der Waals surface area (Å²) >= 11 is 7.26. The third kappa shape index (κ3) is 3.96. The Morgan fingerprint density at radius 3 is 2.60 bits per heavy atom. The lowest BCUT2D eigenvalue weighted by Crippen LogP contribution is -2.29. The predicted molar refractivity (Wildman–Crippen MR) is 105 cm³/mol. The number of amides is 1. The summed E-state index contributed by atoms with van der Waals surface area (Å²) < 4.78 is 41.3. The number of halogens is 4. The first kappa shape index (κ1) is 20.2. The number of carbonyl (C=O) groups is 1. The van der Waals surface area contributed by atoms with E-state index in [9.17, 15) is 23.2 Å². The highest BCUT2D eigenvalue weighted by Gasteiger charge is 2.37. The van der Waals surface area contributed by atoms with Gasteiger partial charge in [-0.25, -0.2) is 4.98 Å². The van der Waals surface area contributed by atoms with E-state index in [2.05, 4.69) is 14.9 Å². The molecule has 0 radical (unpaired) electrons. The van der Waals surface area contributed by atoms with E-state index in [4.69, 9.17) is 11.6 Å². The molecule has 1 aliphatic heterocycles. The molecule has 4 rings (SSSR count). The molecule has 1 aromatic heterocycles. The van der Waals surface area contributed by atoms with Crippen molar-refractivity contribution in [2.24, 2.45) is 5.16 Å². The summed E-state index contributed by atoms with van der Waals surface area (Å²) in [5.41, 5.74) is 1.39. The first-order chi connectivity index (χ1) is 14.2. The Morgan fingerprint density at radius 1 is 1.20 bits per heavy atom. The third-order valence-corrected chi connectivity index (χ3v) is 5.45. The first-order valence-electron chi connectivity index (χ1n) is 8.39. The number of oxime groups is 1. The van der Waals surface area contributed by atoms with Crippen molar-refractivity contribution < 1.29 is 27.9 Å². The van der Waals surface area contributed by atoms with Crippen molar-refractivity contribution in [3.63, 3.8) is 0 Å². The van der Waals surface area contributed by atoms with Crippen LogP contribution in [-0.2, 0) is 11.3 Å². The summed E-state index contributed by atoms with van der Waals surface area (Å²) in [6.45, 7) is 0.0500. The average Bonchev–Trinajstić information content (AvgIpc) is 3.24. The number of rotatable bonds is 4. The second-order valence-electron chi connectivity index (χ2n) is 6.22. The van der Waals surface area contributed by atoms with Crippen LogP contribution in [-0.4, -0.2) is 28.2 Å². The van der Waals surface area contributed by atoms with Crippen molar-refractivity contribution in [2.45, 2.75) is 12.9 Å². The number of hydrogen-bond acceptors (Lipinski definition) is 6. The standard InChI is InChI=1S/C19H11ClF3N3O3S/c20-11-3-1-10(2-4-11)17-24-12(9-30-17)8-26-15-6-5-13(29-19(21,22)23)7-14(15)16(25-28)18(26)27/h1-7,9,28H,8H2/b25-16-. The van der Waals surface area contributed by atoms with Crippen molar-refractivity contribution in [3.8, 4) is 16.3 Å². The Labute approximate surface area is 176 Å². The monoisotopic (exact) mass is 453 g/mol. The van der Waals surface area contributed by atoms with Crippen molar-refractivity contribution in [1.29, 1.82) is 0 Å². The molecule has 0 aliphatic carbocycles. The number of alkyl halides is 3. The van der Waals surface area contributed by atoms with E-state index in [1.165, 1.54) is 22.3 Å². The maximum Gasteiger partial charge on any atom is 0.573 e. The molecule has 6 nitrogen and oxygen atoms in total. The van der Waals surface area contributed by atoms with Gasteiger partial charge in [0.25, 0.3) is 5.91 Å². The lowest BCUT2D eigenvalue weighted by molar-refractivity contribution is -0.274. The molecule has 0 fully saturated rings. The molecule has 2 heterocycles. The first-order valence-corrected chi connectivity index (χ1v) is 9.65. The average molecular weight is 454 g/mol. The molecule has 0 atom stereocenters. The van der Waals surface area contributed by atoms with Crippen LogP contribution in [0.5, 0.6) is 5.75 Å². The molecule has 30 heavy (non-hydrogen) atoms. The van der Waals surface area contributed by atoms with Gasteiger partial charge in [0, 0.05) is 21.5 Å². The molecular weight excluding hydrogens is 443 g/mol. The number of ether oxygens (including phenoxy) is 1. The highest BCUT2D eigenvalue weighted by atomic mass is 35.5. The van der Waals surface area contributed by atoms with Crippen LogP contribution in [0.2, 0.25) is 5.02 Å².